The maximum Gasteiger partial charge on any atom is 0.257 e. The monoisotopic (exact) mass is 417 g/mol. The van der Waals surface area contributed by atoms with Crippen LogP contribution in [-0.4, -0.2) is 28.2 Å². The van der Waals surface area contributed by atoms with Crippen LogP contribution in [0.25, 0.3) is 0 Å². The summed E-state index contributed by atoms with van der Waals surface area (Å²) in [5.41, 5.74) is 7.17. The van der Waals surface area contributed by atoms with Crippen LogP contribution in [0, 0.1) is 27.7 Å². The van der Waals surface area contributed by atoms with Gasteiger partial charge in [-0.1, -0.05) is 30.3 Å². The number of anilines is 1. The minimum absolute atomic E-state index is 0.191. The molecule has 1 aromatic heterocycles. The molecule has 0 saturated carbocycles. The van der Waals surface area contributed by atoms with Crippen LogP contribution in [0.4, 0.5) is 5.69 Å². The second kappa shape index (κ2) is 10.1. The number of carbonyl (C=O) groups is 1. The zero-order chi connectivity index (χ0) is 22.4. The number of aryl methyl sites for hydroxylation is 4. The highest BCUT2D eigenvalue weighted by molar-refractivity contribution is 6.10. The lowest BCUT2D eigenvalue weighted by Gasteiger charge is -2.14. The Morgan fingerprint density at radius 3 is 2.48 bits per heavy atom. The van der Waals surface area contributed by atoms with E-state index < -0.39 is 0 Å². The number of nitrogens with zero attached hydrogens (tertiary/aromatic N) is 3. The molecule has 2 N–H and O–H groups in total. The predicted octanol–water partition coefficient (Wildman–Crippen LogP) is 4.58. The molecule has 1 heterocycles. The van der Waals surface area contributed by atoms with Gasteiger partial charge in [-0.3, -0.25) is 19.8 Å². The molecule has 0 radical (unpaired) electrons. The van der Waals surface area contributed by atoms with Crippen LogP contribution in [0.2, 0.25) is 0 Å². The summed E-state index contributed by atoms with van der Waals surface area (Å²) in [5.74, 6) is 0.254. The molecule has 162 valence electrons. The summed E-state index contributed by atoms with van der Waals surface area (Å²) in [4.78, 5) is 17.4. The van der Waals surface area contributed by atoms with E-state index in [9.17, 15) is 4.79 Å². The Balaban J connectivity index is 1.81. The molecule has 0 aliphatic rings. The number of hydrogen-bond acceptors (Lipinski definition) is 3. The molecule has 0 spiro atoms. The molecule has 6 nitrogen and oxygen atoms in total. The summed E-state index contributed by atoms with van der Waals surface area (Å²) in [7, 11) is 0. The third-order valence-corrected chi connectivity index (χ3v) is 5.38. The van der Waals surface area contributed by atoms with Crippen LogP contribution in [0.5, 0.6) is 0 Å². The zero-order valence-corrected chi connectivity index (χ0v) is 19.0. The number of guanidine groups is 1. The van der Waals surface area contributed by atoms with E-state index in [0.29, 0.717) is 18.1 Å². The Morgan fingerprint density at radius 2 is 1.81 bits per heavy atom. The normalized spacial score (nSPS) is 11.5. The van der Waals surface area contributed by atoms with Gasteiger partial charge in [0.05, 0.1) is 5.69 Å². The van der Waals surface area contributed by atoms with E-state index in [-0.39, 0.29) is 5.91 Å². The summed E-state index contributed by atoms with van der Waals surface area (Å²) in [6.45, 7) is 11.7. The van der Waals surface area contributed by atoms with Crippen LogP contribution in [0.15, 0.2) is 53.5 Å². The van der Waals surface area contributed by atoms with Crippen molar-refractivity contribution in [1.82, 2.24) is 15.1 Å². The fourth-order valence-electron chi connectivity index (χ4n) is 3.56. The highest BCUT2D eigenvalue weighted by Gasteiger charge is 2.12. The fraction of sp³-hybridized carbons (Fsp3) is 0.320. The second-order valence-corrected chi connectivity index (χ2v) is 7.71. The van der Waals surface area contributed by atoms with E-state index in [2.05, 4.69) is 47.8 Å². The van der Waals surface area contributed by atoms with Gasteiger partial charge in [-0.25, -0.2) is 0 Å². The maximum absolute atomic E-state index is 12.7. The average molecular weight is 418 g/mol. The van der Waals surface area contributed by atoms with Gasteiger partial charge in [0.2, 0.25) is 5.96 Å². The summed E-state index contributed by atoms with van der Waals surface area (Å²) >= 11 is 0. The van der Waals surface area contributed by atoms with Crippen molar-refractivity contribution < 1.29 is 4.79 Å². The quantitative estimate of drug-likeness (QED) is 0.456. The van der Waals surface area contributed by atoms with Crippen LogP contribution < -0.4 is 10.6 Å². The highest BCUT2D eigenvalue weighted by atomic mass is 16.1. The molecule has 31 heavy (non-hydrogen) atoms. The van der Waals surface area contributed by atoms with Crippen LogP contribution >= 0.6 is 0 Å². The van der Waals surface area contributed by atoms with Crippen molar-refractivity contribution in [3.63, 3.8) is 0 Å². The Morgan fingerprint density at radius 1 is 1.06 bits per heavy atom. The number of aromatic nitrogens is 2. The molecule has 3 aromatic rings. The molecule has 0 saturated heterocycles. The lowest BCUT2D eigenvalue weighted by Crippen LogP contribution is -2.36. The molecule has 0 aliphatic carbocycles. The first-order valence-electron chi connectivity index (χ1n) is 10.7. The molecule has 0 atom stereocenters. The molecule has 0 bridgehead atoms. The SMILES string of the molecule is CCn1nc(C)c(CCN=C(NC(=O)c2ccccc2)Nc2cc(C)ccc2C)c1C. The van der Waals surface area contributed by atoms with Gasteiger partial charge in [-0.05, 0) is 75.9 Å². The standard InChI is InChI=1S/C25H31N5O/c1-6-30-20(5)22(19(4)29-30)14-15-26-25(27-23-16-17(2)12-13-18(23)3)28-24(31)21-10-8-7-9-11-21/h7-13,16H,6,14-15H2,1-5H3,(H2,26,27,28,31). The average Bonchev–Trinajstić information content (AvgIpc) is 3.04. The number of hydrogen-bond donors (Lipinski definition) is 2. The molecule has 0 fully saturated rings. The topological polar surface area (TPSA) is 71.3 Å². The summed E-state index contributed by atoms with van der Waals surface area (Å²) in [6.07, 6.45) is 0.761. The van der Waals surface area contributed by atoms with Crippen molar-refractivity contribution in [2.75, 3.05) is 11.9 Å². The first-order chi connectivity index (χ1) is 14.9. The van der Waals surface area contributed by atoms with Crippen molar-refractivity contribution in [1.29, 1.82) is 0 Å². The Labute approximate surface area is 184 Å². The largest absolute Gasteiger partial charge is 0.326 e. The first-order valence-corrected chi connectivity index (χ1v) is 10.7. The third-order valence-electron chi connectivity index (χ3n) is 5.38. The summed E-state index contributed by atoms with van der Waals surface area (Å²) in [6, 6.07) is 15.3. The van der Waals surface area contributed by atoms with Crippen molar-refractivity contribution in [3.8, 4) is 0 Å². The van der Waals surface area contributed by atoms with Gasteiger partial charge in [0.25, 0.3) is 5.91 Å². The lowest BCUT2D eigenvalue weighted by atomic mass is 10.1. The number of rotatable bonds is 6. The molecule has 0 aliphatic heterocycles. The predicted molar refractivity (Wildman–Crippen MR) is 127 cm³/mol. The van der Waals surface area contributed by atoms with Gasteiger partial charge in [0, 0.05) is 30.0 Å². The number of aliphatic imine (C=N–C) groups is 1. The van der Waals surface area contributed by atoms with E-state index in [1.54, 1.807) is 12.1 Å². The molecule has 1 amide bonds. The van der Waals surface area contributed by atoms with Gasteiger partial charge in [-0.15, -0.1) is 0 Å². The van der Waals surface area contributed by atoms with Gasteiger partial charge < -0.3 is 5.32 Å². The van der Waals surface area contributed by atoms with Gasteiger partial charge in [-0.2, -0.15) is 5.10 Å². The van der Waals surface area contributed by atoms with Crippen LogP contribution in [0.1, 0.15) is 45.4 Å². The molecule has 6 heteroatoms. The molecular weight excluding hydrogens is 386 g/mol. The molecular formula is C25H31N5O. The van der Waals surface area contributed by atoms with Gasteiger partial charge in [0.15, 0.2) is 0 Å². The molecule has 2 aromatic carbocycles. The van der Waals surface area contributed by atoms with E-state index in [4.69, 9.17) is 4.99 Å². The van der Waals surface area contributed by atoms with Gasteiger partial charge >= 0.3 is 0 Å². The lowest BCUT2D eigenvalue weighted by molar-refractivity contribution is 0.0977. The van der Waals surface area contributed by atoms with E-state index in [1.165, 1.54) is 11.3 Å². The van der Waals surface area contributed by atoms with E-state index in [0.717, 1.165) is 35.5 Å². The number of nitrogens with one attached hydrogen (secondary N) is 2. The third kappa shape index (κ3) is 5.60. The van der Waals surface area contributed by atoms with E-state index in [1.807, 2.05) is 43.7 Å². The number of amides is 1. The molecule has 0 unspecified atom stereocenters. The van der Waals surface area contributed by atoms with E-state index >= 15 is 0 Å². The van der Waals surface area contributed by atoms with Crippen LogP contribution in [0.3, 0.4) is 0 Å². The van der Waals surface area contributed by atoms with Crippen molar-refractivity contribution in [2.45, 2.75) is 47.6 Å². The summed E-state index contributed by atoms with van der Waals surface area (Å²) in [5, 5.41) is 10.8. The maximum atomic E-state index is 12.7. The number of carbonyl (C=O) groups excluding carboxylic acids is 1. The Bertz CT molecular complexity index is 1080. The van der Waals surface area contributed by atoms with Gasteiger partial charge in [0.1, 0.15) is 0 Å². The molecule has 3 rings (SSSR count). The minimum Gasteiger partial charge on any atom is -0.326 e. The van der Waals surface area contributed by atoms with Crippen LogP contribution in [-0.2, 0) is 13.0 Å². The highest BCUT2D eigenvalue weighted by Crippen LogP contribution is 2.17. The minimum atomic E-state index is -0.191. The number of benzene rings is 2. The Hall–Kier alpha value is -3.41. The zero-order valence-electron chi connectivity index (χ0n) is 19.0. The Kier molecular flexibility index (Phi) is 7.23. The summed E-state index contributed by atoms with van der Waals surface area (Å²) < 4.78 is 2.01. The van der Waals surface area contributed by atoms with Crippen molar-refractivity contribution in [3.05, 3.63) is 82.2 Å². The smallest absolute Gasteiger partial charge is 0.257 e. The van der Waals surface area contributed by atoms with Crippen molar-refractivity contribution in [2.24, 2.45) is 4.99 Å². The van der Waals surface area contributed by atoms with Crippen molar-refractivity contribution >= 4 is 17.6 Å². The fourth-order valence-corrected chi connectivity index (χ4v) is 3.56. The first kappa shape index (κ1) is 22.3. The second-order valence-electron chi connectivity index (χ2n) is 7.71.